The number of hydrogen-bond donors (Lipinski definition) is 3. The van der Waals surface area contributed by atoms with Crippen LogP contribution in [0.1, 0.15) is 50.3 Å². The van der Waals surface area contributed by atoms with Crippen molar-refractivity contribution in [3.05, 3.63) is 53.2 Å². The third-order valence-electron chi connectivity index (χ3n) is 9.83. The summed E-state index contributed by atoms with van der Waals surface area (Å²) in [5, 5.41) is 21.0. The minimum absolute atomic E-state index is 0.0155. The van der Waals surface area contributed by atoms with E-state index in [1.165, 1.54) is 26.0 Å². The molecule has 0 bridgehead atoms. The average molecular weight is 720 g/mol. The Labute approximate surface area is 295 Å². The first-order valence-corrected chi connectivity index (χ1v) is 17.4. The molecule has 4 aromatic heterocycles. The number of aliphatic hydroxyl groups is 1. The summed E-state index contributed by atoms with van der Waals surface area (Å²) in [6.45, 7) is 5.24. The van der Waals surface area contributed by atoms with Crippen LogP contribution < -0.4 is 25.8 Å². The first-order valence-electron chi connectivity index (χ1n) is 16.6. The molecule has 266 valence electrons. The van der Waals surface area contributed by atoms with Crippen LogP contribution in [0.4, 0.5) is 29.8 Å². The number of nitrogens with zero attached hydrogens (tertiary/aromatic N) is 7. The zero-order valence-corrected chi connectivity index (χ0v) is 28.9. The summed E-state index contributed by atoms with van der Waals surface area (Å²) in [5.74, 6) is -1.01. The molecule has 2 fully saturated rings. The molecule has 12 nitrogen and oxygen atoms in total. The van der Waals surface area contributed by atoms with Gasteiger partial charge in [-0.25, -0.2) is 23.1 Å². The first-order chi connectivity index (χ1) is 24.5. The second kappa shape index (κ2) is 13.6. The monoisotopic (exact) mass is 719 g/mol. The van der Waals surface area contributed by atoms with E-state index in [1.807, 2.05) is 13.0 Å². The second-order valence-corrected chi connectivity index (χ2v) is 13.9. The van der Waals surface area contributed by atoms with Gasteiger partial charge in [0.25, 0.3) is 0 Å². The van der Waals surface area contributed by atoms with E-state index >= 15 is 4.39 Å². The van der Waals surface area contributed by atoms with Gasteiger partial charge in [0, 0.05) is 35.3 Å². The summed E-state index contributed by atoms with van der Waals surface area (Å²) >= 11 is 0.891. The molecule has 1 aromatic carbocycles. The first kappa shape index (κ1) is 34.5. The van der Waals surface area contributed by atoms with Crippen LogP contribution in [0.5, 0.6) is 11.9 Å². The SMILES string of the molecule is COc1nc2c3c(nc(-c4ccc(F)c5sc(N)c(C#N)c45)c(F)c3n1)OCC(C(C)O)N2C(C)c1cccnc1N.FC1CC2CCCN2C1. The van der Waals surface area contributed by atoms with Gasteiger partial charge in [0.1, 0.15) is 57.9 Å². The van der Waals surface area contributed by atoms with Crippen LogP contribution >= 0.6 is 11.3 Å². The quantitative estimate of drug-likeness (QED) is 0.208. The molecule has 0 spiro atoms. The van der Waals surface area contributed by atoms with Gasteiger partial charge in [0.2, 0.25) is 5.88 Å². The number of nitrogens with two attached hydrogens (primary N) is 2. The molecule has 2 saturated heterocycles. The van der Waals surface area contributed by atoms with E-state index in [0.29, 0.717) is 18.2 Å². The highest BCUT2D eigenvalue weighted by atomic mass is 32.1. The number of hydrogen-bond acceptors (Lipinski definition) is 13. The fourth-order valence-electron chi connectivity index (χ4n) is 7.37. The lowest BCUT2D eigenvalue weighted by Crippen LogP contribution is -2.47. The van der Waals surface area contributed by atoms with Crippen molar-refractivity contribution in [3.8, 4) is 29.2 Å². The Morgan fingerprint density at radius 1 is 1.16 bits per heavy atom. The van der Waals surface area contributed by atoms with E-state index < -0.39 is 36.0 Å². The van der Waals surface area contributed by atoms with Crippen LogP contribution in [-0.2, 0) is 0 Å². The number of fused-ring (bicyclic) bond motifs is 2. The van der Waals surface area contributed by atoms with E-state index in [-0.39, 0.29) is 72.9 Å². The molecule has 3 aliphatic rings. The van der Waals surface area contributed by atoms with E-state index in [2.05, 4.69) is 24.8 Å². The molecule has 5 aromatic rings. The van der Waals surface area contributed by atoms with Crippen LogP contribution in [0, 0.1) is 23.0 Å². The molecule has 0 amide bonds. The molecule has 16 heteroatoms. The smallest absolute Gasteiger partial charge is 0.318 e. The van der Waals surface area contributed by atoms with Crippen LogP contribution in [0.3, 0.4) is 0 Å². The molecule has 5 unspecified atom stereocenters. The number of aliphatic hydroxyl groups excluding tert-OH is 1. The van der Waals surface area contributed by atoms with E-state index in [0.717, 1.165) is 30.4 Å². The predicted octanol–water partition coefficient (Wildman–Crippen LogP) is 5.53. The maximum Gasteiger partial charge on any atom is 0.318 e. The van der Waals surface area contributed by atoms with Crippen molar-refractivity contribution in [2.24, 2.45) is 0 Å². The van der Waals surface area contributed by atoms with Gasteiger partial charge in [0.15, 0.2) is 5.82 Å². The second-order valence-electron chi connectivity index (χ2n) is 12.9. The molecular weight excluding hydrogens is 684 g/mol. The summed E-state index contributed by atoms with van der Waals surface area (Å²) < 4.78 is 55.5. The van der Waals surface area contributed by atoms with Gasteiger partial charge in [-0.1, -0.05) is 6.07 Å². The van der Waals surface area contributed by atoms with Gasteiger partial charge in [-0.2, -0.15) is 15.2 Å². The van der Waals surface area contributed by atoms with Crippen molar-refractivity contribution in [1.29, 1.82) is 5.26 Å². The van der Waals surface area contributed by atoms with Crippen molar-refractivity contribution in [3.63, 3.8) is 0 Å². The van der Waals surface area contributed by atoms with Crippen molar-refractivity contribution < 1.29 is 27.8 Å². The number of pyridine rings is 2. The molecule has 3 aliphatic heterocycles. The van der Waals surface area contributed by atoms with Crippen molar-refractivity contribution in [2.75, 3.05) is 43.2 Å². The van der Waals surface area contributed by atoms with E-state index in [9.17, 15) is 19.1 Å². The van der Waals surface area contributed by atoms with Crippen molar-refractivity contribution in [1.82, 2.24) is 24.8 Å². The lowest BCUT2D eigenvalue weighted by Gasteiger charge is -2.38. The zero-order valence-electron chi connectivity index (χ0n) is 28.1. The van der Waals surface area contributed by atoms with Crippen molar-refractivity contribution >= 4 is 49.0 Å². The van der Waals surface area contributed by atoms with Crippen LogP contribution in [-0.4, -0.2) is 81.1 Å². The maximum absolute atomic E-state index is 16.6. The Bertz CT molecular complexity index is 2170. The molecule has 0 saturated carbocycles. The van der Waals surface area contributed by atoms with Gasteiger partial charge in [-0.15, -0.1) is 11.3 Å². The number of benzene rings is 1. The van der Waals surface area contributed by atoms with Gasteiger partial charge >= 0.3 is 6.01 Å². The number of rotatable bonds is 5. The fraction of sp³-hybridized carbons (Fsp3) is 0.400. The van der Waals surface area contributed by atoms with Gasteiger partial charge in [-0.05, 0) is 57.9 Å². The van der Waals surface area contributed by atoms with Crippen LogP contribution in [0.2, 0.25) is 0 Å². The molecule has 5 N–H and O–H groups in total. The summed E-state index contributed by atoms with van der Waals surface area (Å²) in [6.07, 6.45) is 3.44. The van der Waals surface area contributed by atoms with E-state index in [1.54, 1.807) is 30.2 Å². The molecule has 7 heterocycles. The number of aromatic nitrogens is 4. The summed E-state index contributed by atoms with van der Waals surface area (Å²) in [7, 11) is 1.35. The Hall–Kier alpha value is -4.98. The topological polar surface area (TPSA) is 173 Å². The Balaban J connectivity index is 0.000000389. The number of alkyl halides is 1. The molecule has 5 atom stereocenters. The Morgan fingerprint density at radius 2 is 1.96 bits per heavy atom. The minimum atomic E-state index is -0.941. The molecule has 0 radical (unpaired) electrons. The fourth-order valence-corrected chi connectivity index (χ4v) is 8.32. The highest BCUT2D eigenvalue weighted by molar-refractivity contribution is 7.23. The van der Waals surface area contributed by atoms with Gasteiger partial charge in [0.05, 0.1) is 35.6 Å². The van der Waals surface area contributed by atoms with Gasteiger partial charge < -0.3 is 30.9 Å². The molecule has 8 rings (SSSR count). The molecule has 51 heavy (non-hydrogen) atoms. The predicted molar refractivity (Wildman–Crippen MR) is 188 cm³/mol. The number of nitrogen functional groups attached to an aromatic ring is 2. The third kappa shape index (κ3) is 5.98. The van der Waals surface area contributed by atoms with Crippen molar-refractivity contribution in [2.45, 2.75) is 63.5 Å². The van der Waals surface area contributed by atoms with E-state index in [4.69, 9.17) is 20.9 Å². The normalized spacial score (nSPS) is 21.0. The standard InChI is InChI=1S/C28H24F2N8O3S.C7H12FN/c1-11(13-5-4-8-34-24(13)32)38-17(12(2)39)10-41-27-19-22(36-28(40-3)37-26(19)38)20(30)21(35-27)14-6-7-16(29)23-18(14)15(9-31)25(33)42-23;8-6-4-7-2-1-3-9(7)5-6/h4-8,11-12,17,39H,10,33H2,1-3H3,(H2,32,34);6-7H,1-5H2. The number of thiophene rings is 1. The highest BCUT2D eigenvalue weighted by Gasteiger charge is 2.38. The zero-order chi connectivity index (χ0) is 36.1. The average Bonchev–Trinajstić information content (AvgIpc) is 3.77. The van der Waals surface area contributed by atoms with Crippen LogP contribution in [0.15, 0.2) is 30.5 Å². The molecule has 0 aliphatic carbocycles. The maximum atomic E-state index is 16.6. The van der Waals surface area contributed by atoms with Gasteiger partial charge in [-0.3, -0.25) is 4.90 Å². The summed E-state index contributed by atoms with van der Waals surface area (Å²) in [4.78, 5) is 21.6. The Kier molecular flexibility index (Phi) is 9.21. The highest BCUT2D eigenvalue weighted by Crippen LogP contribution is 2.46. The number of anilines is 3. The van der Waals surface area contributed by atoms with Crippen LogP contribution in [0.25, 0.3) is 32.2 Å². The number of nitriles is 1. The number of methoxy groups -OCH3 is 1. The Morgan fingerprint density at radius 3 is 2.67 bits per heavy atom. The largest absolute Gasteiger partial charge is 0.475 e. The summed E-state index contributed by atoms with van der Waals surface area (Å²) in [5.41, 5.74) is 12.6. The number of ether oxygens (including phenoxy) is 2. The molecular formula is C35H36F3N9O3S. The summed E-state index contributed by atoms with van der Waals surface area (Å²) in [6, 6.07) is 7.28. The lowest BCUT2D eigenvalue weighted by atomic mass is 10.0. The third-order valence-corrected chi connectivity index (χ3v) is 10.9. The minimum Gasteiger partial charge on any atom is -0.475 e. The number of halogens is 3. The lowest BCUT2D eigenvalue weighted by molar-refractivity contribution is 0.122.